The maximum Gasteiger partial charge on any atom is 0.243 e. The number of rotatable bonds is 10. The summed E-state index contributed by atoms with van der Waals surface area (Å²) in [5, 5.41) is 3.03. The van der Waals surface area contributed by atoms with Gasteiger partial charge in [-0.3, -0.25) is 9.59 Å². The first-order valence-electron chi connectivity index (χ1n) is 11.0. The zero-order valence-electron chi connectivity index (χ0n) is 20.1. The van der Waals surface area contributed by atoms with Crippen LogP contribution >= 0.6 is 0 Å². The smallest absolute Gasteiger partial charge is 0.243 e. The van der Waals surface area contributed by atoms with E-state index in [2.05, 4.69) is 5.32 Å². The Hall–Kier alpha value is -3.02. The van der Waals surface area contributed by atoms with Gasteiger partial charge in [-0.25, -0.2) is 0 Å². The summed E-state index contributed by atoms with van der Waals surface area (Å²) in [5.41, 5.74) is 1.60. The lowest BCUT2D eigenvalue weighted by atomic mass is 10.0. The van der Waals surface area contributed by atoms with E-state index in [4.69, 9.17) is 9.47 Å². The molecule has 2 rings (SSSR count). The number of amides is 2. The number of carbonyl (C=O) groups excluding carboxylic acids is 2. The molecule has 0 saturated carbocycles. The van der Waals surface area contributed by atoms with E-state index in [1.807, 2.05) is 76.2 Å². The predicted octanol–water partition coefficient (Wildman–Crippen LogP) is 4.36. The van der Waals surface area contributed by atoms with Crippen LogP contribution in [0, 0.1) is 0 Å². The van der Waals surface area contributed by atoms with Gasteiger partial charge in [-0.1, -0.05) is 43.3 Å². The lowest BCUT2D eigenvalue weighted by Crippen LogP contribution is -2.53. The fourth-order valence-corrected chi connectivity index (χ4v) is 3.58. The summed E-state index contributed by atoms with van der Waals surface area (Å²) in [4.78, 5) is 28.1. The van der Waals surface area contributed by atoms with Crippen LogP contribution in [-0.4, -0.2) is 42.5 Å². The molecule has 0 aromatic heterocycles. The van der Waals surface area contributed by atoms with Crippen LogP contribution in [0.2, 0.25) is 0 Å². The molecule has 0 aliphatic carbocycles. The van der Waals surface area contributed by atoms with Crippen molar-refractivity contribution in [1.29, 1.82) is 0 Å². The molecule has 1 atom stereocenters. The van der Waals surface area contributed by atoms with Crippen molar-refractivity contribution < 1.29 is 19.1 Å². The molecular weight excluding hydrogens is 404 g/mol. The Morgan fingerprint density at radius 2 is 1.62 bits per heavy atom. The van der Waals surface area contributed by atoms with E-state index in [-0.39, 0.29) is 17.4 Å². The second-order valence-electron chi connectivity index (χ2n) is 8.86. The van der Waals surface area contributed by atoms with Gasteiger partial charge in [0.25, 0.3) is 0 Å². The van der Waals surface area contributed by atoms with Gasteiger partial charge in [0.05, 0.1) is 14.2 Å². The molecule has 0 heterocycles. The number of benzene rings is 2. The fraction of sp³-hybridized carbons (Fsp3) is 0.462. The second kappa shape index (κ2) is 11.6. The van der Waals surface area contributed by atoms with Crippen LogP contribution in [0.1, 0.15) is 51.7 Å². The Kier molecular flexibility index (Phi) is 9.12. The normalized spacial score (nSPS) is 12.1. The third-order valence-corrected chi connectivity index (χ3v) is 5.16. The highest BCUT2D eigenvalue weighted by atomic mass is 16.5. The Balaban J connectivity index is 2.22. The van der Waals surface area contributed by atoms with Crippen LogP contribution in [0.25, 0.3) is 0 Å². The van der Waals surface area contributed by atoms with Crippen LogP contribution in [-0.2, 0) is 22.6 Å². The Bertz CT molecular complexity index is 890. The molecule has 0 aliphatic rings. The number of nitrogens with zero attached hydrogens (tertiary/aromatic N) is 1. The third-order valence-electron chi connectivity index (χ3n) is 5.16. The largest absolute Gasteiger partial charge is 0.493 e. The van der Waals surface area contributed by atoms with Gasteiger partial charge in [0, 0.05) is 18.5 Å². The maximum atomic E-state index is 13.4. The van der Waals surface area contributed by atoms with Crippen molar-refractivity contribution >= 4 is 11.8 Å². The van der Waals surface area contributed by atoms with Crippen LogP contribution in [0.4, 0.5) is 0 Å². The number of ether oxygens (including phenoxy) is 2. The maximum absolute atomic E-state index is 13.4. The molecule has 0 radical (unpaired) electrons. The first kappa shape index (κ1) is 25.2. The van der Waals surface area contributed by atoms with E-state index in [0.717, 1.165) is 11.1 Å². The molecule has 6 heteroatoms. The molecule has 0 fully saturated rings. The topological polar surface area (TPSA) is 67.9 Å². The summed E-state index contributed by atoms with van der Waals surface area (Å²) < 4.78 is 10.7. The van der Waals surface area contributed by atoms with Crippen LogP contribution in [0.5, 0.6) is 11.5 Å². The van der Waals surface area contributed by atoms with Crippen LogP contribution in [0.3, 0.4) is 0 Å². The van der Waals surface area contributed by atoms with Crippen molar-refractivity contribution in [2.75, 3.05) is 14.2 Å². The molecule has 1 N–H and O–H groups in total. The lowest BCUT2D eigenvalue weighted by Gasteiger charge is -2.33. The Morgan fingerprint density at radius 3 is 2.19 bits per heavy atom. The van der Waals surface area contributed by atoms with E-state index in [9.17, 15) is 9.59 Å². The first-order chi connectivity index (χ1) is 15.2. The van der Waals surface area contributed by atoms with Crippen molar-refractivity contribution in [3.63, 3.8) is 0 Å². The van der Waals surface area contributed by atoms with E-state index < -0.39 is 6.04 Å². The van der Waals surface area contributed by atoms with E-state index in [1.165, 1.54) is 0 Å². The van der Waals surface area contributed by atoms with Crippen molar-refractivity contribution in [3.05, 3.63) is 59.7 Å². The highest BCUT2D eigenvalue weighted by molar-refractivity contribution is 5.88. The quantitative estimate of drug-likeness (QED) is 0.596. The number of aryl methyl sites for hydroxylation is 1. The molecule has 2 amide bonds. The number of hydrogen-bond acceptors (Lipinski definition) is 4. The molecule has 0 bridgehead atoms. The average molecular weight is 441 g/mol. The van der Waals surface area contributed by atoms with Crippen LogP contribution in [0.15, 0.2) is 48.5 Å². The summed E-state index contributed by atoms with van der Waals surface area (Å²) in [7, 11) is 3.18. The van der Waals surface area contributed by atoms with E-state index in [1.54, 1.807) is 19.1 Å². The standard InChI is InChI=1S/C26H36N2O4/c1-7-21(25(30)27-26(2,3)4)28(18-20-11-9-8-10-12-20)24(29)16-14-19-13-15-22(31-5)23(17-19)32-6/h8-13,15,17,21H,7,14,16,18H2,1-6H3,(H,27,30). The molecule has 1 unspecified atom stereocenters. The molecule has 32 heavy (non-hydrogen) atoms. The molecule has 2 aromatic carbocycles. The SMILES string of the molecule is CCC(C(=O)NC(C)(C)C)N(Cc1ccccc1)C(=O)CCc1ccc(OC)c(OC)c1. The summed E-state index contributed by atoms with van der Waals surface area (Å²) in [5.74, 6) is 1.10. The zero-order valence-corrected chi connectivity index (χ0v) is 20.1. The lowest BCUT2D eigenvalue weighted by molar-refractivity contribution is -0.142. The minimum absolute atomic E-state index is 0.0560. The summed E-state index contributed by atoms with van der Waals surface area (Å²) >= 11 is 0. The zero-order chi connectivity index (χ0) is 23.7. The van der Waals surface area contributed by atoms with E-state index >= 15 is 0 Å². The predicted molar refractivity (Wildman–Crippen MR) is 127 cm³/mol. The van der Waals surface area contributed by atoms with Gasteiger partial charge >= 0.3 is 0 Å². The van der Waals surface area contributed by atoms with Crippen molar-refractivity contribution in [2.24, 2.45) is 0 Å². The van der Waals surface area contributed by atoms with Crippen molar-refractivity contribution in [2.45, 2.75) is 65.1 Å². The molecule has 6 nitrogen and oxygen atoms in total. The first-order valence-corrected chi connectivity index (χ1v) is 11.0. The number of methoxy groups -OCH3 is 2. The number of hydrogen-bond donors (Lipinski definition) is 1. The molecule has 0 saturated heterocycles. The molecule has 174 valence electrons. The monoisotopic (exact) mass is 440 g/mol. The third kappa shape index (κ3) is 7.29. The highest BCUT2D eigenvalue weighted by Gasteiger charge is 2.30. The minimum Gasteiger partial charge on any atom is -0.493 e. The molecule has 2 aromatic rings. The molecule has 0 aliphatic heterocycles. The van der Waals surface area contributed by atoms with Gasteiger partial charge in [0.1, 0.15) is 6.04 Å². The number of nitrogens with one attached hydrogen (secondary N) is 1. The van der Waals surface area contributed by atoms with Crippen molar-refractivity contribution in [3.8, 4) is 11.5 Å². The molecule has 0 spiro atoms. The van der Waals surface area contributed by atoms with Gasteiger partial charge in [-0.05, 0) is 56.9 Å². The summed E-state index contributed by atoms with van der Waals surface area (Å²) in [6.45, 7) is 8.16. The second-order valence-corrected chi connectivity index (χ2v) is 8.86. The van der Waals surface area contributed by atoms with Gasteiger partial charge in [0.2, 0.25) is 11.8 Å². The summed E-state index contributed by atoms with van der Waals surface area (Å²) in [6.07, 6.45) is 1.38. The fourth-order valence-electron chi connectivity index (χ4n) is 3.58. The summed E-state index contributed by atoms with van der Waals surface area (Å²) in [6, 6.07) is 14.9. The van der Waals surface area contributed by atoms with Crippen LogP contribution < -0.4 is 14.8 Å². The van der Waals surface area contributed by atoms with E-state index in [0.29, 0.717) is 37.3 Å². The van der Waals surface area contributed by atoms with Gasteiger partial charge in [0.15, 0.2) is 11.5 Å². The Labute approximate surface area is 191 Å². The Morgan fingerprint density at radius 1 is 0.969 bits per heavy atom. The number of carbonyl (C=O) groups is 2. The molecular formula is C26H36N2O4. The van der Waals surface area contributed by atoms with Gasteiger partial charge in [-0.15, -0.1) is 0 Å². The average Bonchev–Trinajstić information content (AvgIpc) is 2.76. The van der Waals surface area contributed by atoms with Gasteiger partial charge < -0.3 is 19.7 Å². The van der Waals surface area contributed by atoms with Gasteiger partial charge in [-0.2, -0.15) is 0 Å². The highest BCUT2D eigenvalue weighted by Crippen LogP contribution is 2.28. The minimum atomic E-state index is -0.535. The van der Waals surface area contributed by atoms with Crippen molar-refractivity contribution in [1.82, 2.24) is 10.2 Å².